The second-order valence-electron chi connectivity index (χ2n) is 10.3. The van der Waals surface area contributed by atoms with Gasteiger partial charge in [0.1, 0.15) is 29.6 Å². The van der Waals surface area contributed by atoms with Gasteiger partial charge in [0.2, 0.25) is 17.7 Å². The van der Waals surface area contributed by atoms with Crippen LogP contribution >= 0.6 is 0 Å². The Morgan fingerprint density at radius 1 is 0.950 bits per heavy atom. The van der Waals surface area contributed by atoms with Crippen molar-refractivity contribution in [1.82, 2.24) is 15.5 Å². The summed E-state index contributed by atoms with van der Waals surface area (Å²) in [5.41, 5.74) is 7.60. The van der Waals surface area contributed by atoms with Gasteiger partial charge in [0.15, 0.2) is 0 Å². The van der Waals surface area contributed by atoms with Gasteiger partial charge < -0.3 is 36.6 Å². The van der Waals surface area contributed by atoms with E-state index in [1.807, 2.05) is 6.92 Å². The summed E-state index contributed by atoms with van der Waals surface area (Å²) in [6.07, 6.45) is 1.77. The first-order valence-corrected chi connectivity index (χ1v) is 13.5. The van der Waals surface area contributed by atoms with E-state index in [4.69, 9.17) is 5.73 Å². The summed E-state index contributed by atoms with van der Waals surface area (Å²) in [5.74, 6) is -2.96. The summed E-state index contributed by atoms with van der Waals surface area (Å²) < 4.78 is 0. The highest BCUT2D eigenvalue weighted by molar-refractivity contribution is 5.94. The van der Waals surface area contributed by atoms with E-state index in [0.717, 1.165) is 5.56 Å². The molecule has 0 aliphatic carbocycles. The van der Waals surface area contributed by atoms with Crippen LogP contribution in [-0.2, 0) is 32.0 Å². The smallest absolute Gasteiger partial charge is 0.326 e. The average Bonchev–Trinajstić information content (AvgIpc) is 3.42. The maximum atomic E-state index is 13.4. The van der Waals surface area contributed by atoms with Gasteiger partial charge in [-0.25, -0.2) is 4.79 Å². The van der Waals surface area contributed by atoms with E-state index in [1.54, 1.807) is 31.2 Å². The van der Waals surface area contributed by atoms with Crippen LogP contribution in [0.3, 0.4) is 0 Å². The van der Waals surface area contributed by atoms with E-state index in [-0.39, 0.29) is 30.3 Å². The molecule has 2 aromatic carbocycles. The first-order chi connectivity index (χ1) is 19.0. The lowest BCUT2D eigenvalue weighted by Crippen LogP contribution is -2.58. The van der Waals surface area contributed by atoms with Gasteiger partial charge in [0.25, 0.3) is 0 Å². The molecule has 7 N–H and O–H groups in total. The van der Waals surface area contributed by atoms with Crippen LogP contribution in [0.25, 0.3) is 0 Å². The third kappa shape index (κ3) is 7.95. The van der Waals surface area contributed by atoms with Crippen LogP contribution in [-0.4, -0.2) is 74.6 Å². The molecule has 11 heteroatoms. The van der Waals surface area contributed by atoms with Crippen molar-refractivity contribution < 1.29 is 34.5 Å². The zero-order valence-electron chi connectivity index (χ0n) is 22.7. The maximum absolute atomic E-state index is 13.4. The summed E-state index contributed by atoms with van der Waals surface area (Å²) >= 11 is 0. The number of nitrogens with two attached hydrogens (primary N) is 1. The fraction of sp³-hybridized carbons (Fsp3) is 0.448. The van der Waals surface area contributed by atoms with Gasteiger partial charge in [-0.1, -0.05) is 44.5 Å². The van der Waals surface area contributed by atoms with Crippen molar-refractivity contribution in [1.29, 1.82) is 0 Å². The second kappa shape index (κ2) is 13.8. The van der Waals surface area contributed by atoms with E-state index in [0.29, 0.717) is 31.4 Å². The van der Waals surface area contributed by atoms with Gasteiger partial charge in [-0.2, -0.15) is 0 Å². The molecule has 1 fully saturated rings. The number of carboxylic acids is 1. The SMILES string of the molecule is CCC(C)C(NC(=O)C(Cc1ccc(O)cc1)NC(=O)C1CCCN1C(=O)C(N)Cc1ccc(O)cc1)C(=O)O. The van der Waals surface area contributed by atoms with Gasteiger partial charge in [0, 0.05) is 13.0 Å². The zero-order chi connectivity index (χ0) is 29.4. The van der Waals surface area contributed by atoms with E-state index >= 15 is 0 Å². The summed E-state index contributed by atoms with van der Waals surface area (Å²) in [6.45, 7) is 3.88. The molecule has 0 spiro atoms. The lowest BCUT2D eigenvalue weighted by molar-refractivity contribution is -0.144. The minimum atomic E-state index is -1.17. The number of likely N-dealkylation sites (tertiary alicyclic amines) is 1. The van der Waals surface area contributed by atoms with Crippen molar-refractivity contribution in [3.05, 3.63) is 59.7 Å². The largest absolute Gasteiger partial charge is 0.508 e. The molecule has 216 valence electrons. The number of amides is 3. The fourth-order valence-electron chi connectivity index (χ4n) is 4.77. The molecule has 11 nitrogen and oxygen atoms in total. The minimum Gasteiger partial charge on any atom is -0.508 e. The van der Waals surface area contributed by atoms with Gasteiger partial charge >= 0.3 is 5.97 Å². The predicted octanol–water partition coefficient (Wildman–Crippen LogP) is 1.30. The molecule has 0 aromatic heterocycles. The molecular weight excluding hydrogens is 516 g/mol. The molecule has 5 atom stereocenters. The Kier molecular flexibility index (Phi) is 10.5. The molecule has 5 unspecified atom stereocenters. The molecule has 1 heterocycles. The van der Waals surface area contributed by atoms with E-state index in [9.17, 15) is 34.5 Å². The summed E-state index contributed by atoms with van der Waals surface area (Å²) in [5, 5.41) is 34.0. The zero-order valence-corrected chi connectivity index (χ0v) is 22.7. The van der Waals surface area contributed by atoms with Gasteiger partial charge in [-0.3, -0.25) is 14.4 Å². The number of rotatable bonds is 12. The molecule has 1 aliphatic heterocycles. The first-order valence-electron chi connectivity index (χ1n) is 13.5. The number of phenols is 2. The summed E-state index contributed by atoms with van der Waals surface area (Å²) in [4.78, 5) is 53.2. The summed E-state index contributed by atoms with van der Waals surface area (Å²) in [6, 6.07) is 8.50. The normalized spacial score (nSPS) is 17.9. The molecule has 40 heavy (non-hydrogen) atoms. The molecule has 3 rings (SSSR count). The molecule has 0 bridgehead atoms. The van der Waals surface area contributed by atoms with Crippen LogP contribution in [0.5, 0.6) is 11.5 Å². The first kappa shape index (κ1) is 30.4. The number of hydrogen-bond donors (Lipinski definition) is 6. The third-order valence-corrected chi connectivity index (χ3v) is 7.33. The number of phenolic OH excluding ortho intramolecular Hbond substituents is 2. The molecule has 0 radical (unpaired) electrons. The van der Waals surface area contributed by atoms with Crippen LogP contribution < -0.4 is 16.4 Å². The Bertz CT molecular complexity index is 1190. The monoisotopic (exact) mass is 554 g/mol. The Balaban J connectivity index is 1.75. The van der Waals surface area contributed by atoms with Gasteiger partial charge in [-0.05, 0) is 60.6 Å². The highest BCUT2D eigenvalue weighted by Crippen LogP contribution is 2.21. The Hall–Kier alpha value is -4.12. The Morgan fingerprint density at radius 3 is 2.02 bits per heavy atom. The van der Waals surface area contributed by atoms with Crippen molar-refractivity contribution in [2.24, 2.45) is 11.7 Å². The van der Waals surface area contributed by atoms with Crippen molar-refractivity contribution in [2.45, 2.75) is 70.1 Å². The molecule has 1 aliphatic rings. The number of nitrogens with one attached hydrogen (secondary N) is 2. The highest BCUT2D eigenvalue weighted by atomic mass is 16.4. The lowest BCUT2D eigenvalue weighted by atomic mass is 9.98. The Morgan fingerprint density at radius 2 is 1.50 bits per heavy atom. The maximum Gasteiger partial charge on any atom is 0.326 e. The van der Waals surface area contributed by atoms with Crippen molar-refractivity contribution >= 4 is 23.7 Å². The topological polar surface area (TPSA) is 182 Å². The van der Waals surface area contributed by atoms with Crippen molar-refractivity contribution in [3.63, 3.8) is 0 Å². The molecule has 0 saturated carbocycles. The van der Waals surface area contributed by atoms with Crippen molar-refractivity contribution in [3.8, 4) is 11.5 Å². The van der Waals surface area contributed by atoms with Crippen LogP contribution in [0.4, 0.5) is 0 Å². The number of carbonyl (C=O) groups is 4. The van der Waals surface area contributed by atoms with Crippen molar-refractivity contribution in [2.75, 3.05) is 6.54 Å². The van der Waals surface area contributed by atoms with Gasteiger partial charge in [0.05, 0.1) is 6.04 Å². The third-order valence-electron chi connectivity index (χ3n) is 7.33. The minimum absolute atomic E-state index is 0.0419. The number of hydrogen-bond acceptors (Lipinski definition) is 7. The molecule has 1 saturated heterocycles. The number of carboxylic acid groups (broad SMARTS) is 1. The standard InChI is InChI=1S/C29H38N4O7/c1-3-17(2)25(29(39)40)32-26(36)23(16-19-8-12-21(35)13-9-19)31-27(37)24-5-4-14-33(24)28(38)22(30)15-18-6-10-20(34)11-7-18/h6-13,17,22-25,34-35H,3-5,14-16,30H2,1-2H3,(H,31,37)(H,32,36)(H,39,40). The fourth-order valence-corrected chi connectivity index (χ4v) is 4.77. The van der Waals surface area contributed by atoms with Gasteiger partial charge in [-0.15, -0.1) is 0 Å². The molecular formula is C29H38N4O7. The van der Waals surface area contributed by atoms with Crippen LogP contribution in [0.1, 0.15) is 44.2 Å². The van der Waals surface area contributed by atoms with E-state index in [2.05, 4.69) is 10.6 Å². The highest BCUT2D eigenvalue weighted by Gasteiger charge is 2.38. The second-order valence-corrected chi connectivity index (χ2v) is 10.3. The van der Waals surface area contributed by atoms with Crippen LogP contribution in [0.15, 0.2) is 48.5 Å². The van der Waals surface area contributed by atoms with Crippen LogP contribution in [0, 0.1) is 5.92 Å². The number of carbonyl (C=O) groups excluding carboxylic acids is 3. The number of aromatic hydroxyl groups is 2. The lowest BCUT2D eigenvalue weighted by Gasteiger charge is -2.29. The van der Waals surface area contributed by atoms with E-state index < -0.39 is 47.9 Å². The Labute approximate surface area is 233 Å². The van der Waals surface area contributed by atoms with Crippen LogP contribution in [0.2, 0.25) is 0 Å². The quantitative estimate of drug-likeness (QED) is 0.227. The molecule has 2 aromatic rings. The summed E-state index contributed by atoms with van der Waals surface area (Å²) in [7, 11) is 0. The predicted molar refractivity (Wildman–Crippen MR) is 147 cm³/mol. The average molecular weight is 555 g/mol. The molecule has 3 amide bonds. The number of benzene rings is 2. The van der Waals surface area contributed by atoms with E-state index in [1.165, 1.54) is 29.2 Å². The number of nitrogens with zero attached hydrogens (tertiary/aromatic N) is 1. The number of aliphatic carboxylic acids is 1.